The van der Waals surface area contributed by atoms with Crippen LogP contribution >= 0.6 is 0 Å². The lowest BCUT2D eigenvalue weighted by molar-refractivity contribution is 0.0916. The van der Waals surface area contributed by atoms with Crippen LogP contribution in [-0.2, 0) is 0 Å². The van der Waals surface area contributed by atoms with Crippen molar-refractivity contribution >= 4 is 11.7 Å². The van der Waals surface area contributed by atoms with Crippen molar-refractivity contribution in [2.75, 3.05) is 0 Å². The molecule has 0 aliphatic heterocycles. The molecule has 2 unspecified atom stereocenters. The lowest BCUT2D eigenvalue weighted by Gasteiger charge is -2.22. The van der Waals surface area contributed by atoms with Crippen LogP contribution in [0, 0.1) is 5.92 Å². The fourth-order valence-electron chi connectivity index (χ4n) is 2.69. The Bertz CT molecular complexity index is 513. The van der Waals surface area contributed by atoms with Crippen molar-refractivity contribution in [1.82, 2.24) is 10.3 Å². The summed E-state index contributed by atoms with van der Waals surface area (Å²) in [5.74, 6) is 0.305. The van der Waals surface area contributed by atoms with Gasteiger partial charge < -0.3 is 16.3 Å². The predicted molar refractivity (Wildman–Crippen MR) is 80.3 cm³/mol. The van der Waals surface area contributed by atoms with Gasteiger partial charge in [0, 0.05) is 17.8 Å². The summed E-state index contributed by atoms with van der Waals surface area (Å²) in [6.07, 6.45) is 7.24. The lowest BCUT2D eigenvalue weighted by atomic mass is 9.97. The number of pyridine rings is 1. The molecule has 1 fully saturated rings. The maximum atomic E-state index is 12.2. The molecule has 1 aromatic heterocycles. The van der Waals surface area contributed by atoms with E-state index in [1.165, 1.54) is 19.0 Å². The van der Waals surface area contributed by atoms with E-state index in [2.05, 4.69) is 22.4 Å². The van der Waals surface area contributed by atoms with Crippen LogP contribution in [0.4, 0.5) is 0 Å². The van der Waals surface area contributed by atoms with Crippen LogP contribution in [0.3, 0.4) is 0 Å². The Morgan fingerprint density at radius 2 is 2.14 bits per heavy atom. The summed E-state index contributed by atoms with van der Waals surface area (Å²) in [5.41, 5.74) is 6.30. The topological polar surface area (TPSA) is 101 Å². The third-order valence-electron chi connectivity index (χ3n) is 4.08. The van der Waals surface area contributed by atoms with Crippen molar-refractivity contribution in [3.05, 3.63) is 29.6 Å². The van der Waals surface area contributed by atoms with E-state index >= 15 is 0 Å². The van der Waals surface area contributed by atoms with Crippen LogP contribution < -0.4 is 11.1 Å². The summed E-state index contributed by atoms with van der Waals surface area (Å²) in [5, 5.41) is 14.6. The molecule has 6 heteroatoms. The van der Waals surface area contributed by atoms with Gasteiger partial charge in [-0.25, -0.2) is 0 Å². The highest BCUT2D eigenvalue weighted by atomic mass is 16.4. The number of nitrogens with zero attached hydrogens (tertiary/aromatic N) is 2. The molecule has 1 aromatic rings. The number of hydrogen-bond donors (Lipinski definition) is 3. The highest BCUT2D eigenvalue weighted by Gasteiger charge is 2.22. The molecule has 2 rings (SSSR count). The SMILES string of the molecule is CC1CCCCCC1NC(=O)c1ccc(C(N)=NO)cn1. The van der Waals surface area contributed by atoms with Gasteiger partial charge in [-0.1, -0.05) is 31.3 Å². The third-order valence-corrected chi connectivity index (χ3v) is 4.08. The van der Waals surface area contributed by atoms with Crippen molar-refractivity contribution in [2.45, 2.75) is 45.1 Å². The van der Waals surface area contributed by atoms with Gasteiger partial charge in [0.1, 0.15) is 5.69 Å². The second-order valence-corrected chi connectivity index (χ2v) is 5.61. The van der Waals surface area contributed by atoms with E-state index in [0.717, 1.165) is 19.3 Å². The Morgan fingerprint density at radius 1 is 1.38 bits per heavy atom. The van der Waals surface area contributed by atoms with E-state index in [0.29, 0.717) is 17.2 Å². The Balaban J connectivity index is 2.02. The maximum absolute atomic E-state index is 12.2. The first-order valence-electron chi connectivity index (χ1n) is 7.36. The molecule has 21 heavy (non-hydrogen) atoms. The predicted octanol–water partition coefficient (Wildman–Crippen LogP) is 1.87. The molecule has 1 aliphatic carbocycles. The number of aromatic nitrogens is 1. The second kappa shape index (κ2) is 7.06. The van der Waals surface area contributed by atoms with E-state index in [1.807, 2.05) is 0 Å². The Labute approximate surface area is 124 Å². The van der Waals surface area contributed by atoms with E-state index < -0.39 is 0 Å². The number of amides is 1. The van der Waals surface area contributed by atoms with Crippen molar-refractivity contribution in [2.24, 2.45) is 16.8 Å². The minimum Gasteiger partial charge on any atom is -0.409 e. The zero-order chi connectivity index (χ0) is 15.2. The van der Waals surface area contributed by atoms with Crippen LogP contribution in [-0.4, -0.2) is 28.0 Å². The number of amidine groups is 1. The monoisotopic (exact) mass is 290 g/mol. The van der Waals surface area contributed by atoms with Gasteiger partial charge in [-0.3, -0.25) is 9.78 Å². The number of rotatable bonds is 3. The molecule has 0 bridgehead atoms. The average Bonchev–Trinajstić information content (AvgIpc) is 2.71. The number of nitrogens with one attached hydrogen (secondary N) is 1. The summed E-state index contributed by atoms with van der Waals surface area (Å²) in [4.78, 5) is 16.3. The van der Waals surface area contributed by atoms with Gasteiger partial charge in [-0.05, 0) is 30.9 Å². The number of carbonyl (C=O) groups excluding carboxylic acids is 1. The van der Waals surface area contributed by atoms with Gasteiger partial charge >= 0.3 is 0 Å². The highest BCUT2D eigenvalue weighted by Crippen LogP contribution is 2.23. The molecule has 114 valence electrons. The standard InChI is InChI=1S/C15H22N4O2/c1-10-5-3-2-4-6-12(10)18-15(20)13-8-7-11(9-17-13)14(16)19-21/h7-10,12,21H,2-6H2,1H3,(H2,16,19)(H,18,20). The van der Waals surface area contributed by atoms with Crippen LogP contribution in [0.25, 0.3) is 0 Å². The molecule has 1 saturated carbocycles. The van der Waals surface area contributed by atoms with Crippen molar-refractivity contribution in [3.63, 3.8) is 0 Å². The number of hydrogen-bond acceptors (Lipinski definition) is 4. The average molecular weight is 290 g/mol. The largest absolute Gasteiger partial charge is 0.409 e. The Hall–Kier alpha value is -2.11. The van der Waals surface area contributed by atoms with Gasteiger partial charge in [-0.15, -0.1) is 0 Å². The maximum Gasteiger partial charge on any atom is 0.270 e. The number of carbonyl (C=O) groups is 1. The molecule has 2 atom stereocenters. The second-order valence-electron chi connectivity index (χ2n) is 5.61. The van der Waals surface area contributed by atoms with Crippen molar-refractivity contribution < 1.29 is 10.0 Å². The summed E-state index contributed by atoms with van der Waals surface area (Å²) in [6, 6.07) is 3.42. The zero-order valence-electron chi connectivity index (χ0n) is 12.2. The third kappa shape index (κ3) is 3.93. The molecule has 0 radical (unpaired) electrons. The first-order chi connectivity index (χ1) is 10.1. The molecule has 6 nitrogen and oxygen atoms in total. The normalized spacial score (nSPS) is 23.4. The zero-order valence-corrected chi connectivity index (χ0v) is 12.2. The van der Waals surface area contributed by atoms with Gasteiger partial charge in [0.2, 0.25) is 0 Å². The molecule has 1 aliphatic rings. The van der Waals surface area contributed by atoms with E-state index in [-0.39, 0.29) is 17.8 Å². The number of nitrogens with two attached hydrogens (primary N) is 1. The quantitative estimate of drug-likeness (QED) is 0.260. The summed E-state index contributed by atoms with van der Waals surface area (Å²) >= 11 is 0. The summed E-state index contributed by atoms with van der Waals surface area (Å²) in [6.45, 7) is 2.19. The number of oxime groups is 1. The summed E-state index contributed by atoms with van der Waals surface area (Å²) < 4.78 is 0. The Kier molecular flexibility index (Phi) is 5.14. The van der Waals surface area contributed by atoms with Gasteiger partial charge in [0.05, 0.1) is 0 Å². The lowest BCUT2D eigenvalue weighted by Crippen LogP contribution is -2.39. The fraction of sp³-hybridized carbons (Fsp3) is 0.533. The van der Waals surface area contributed by atoms with Crippen molar-refractivity contribution in [1.29, 1.82) is 0 Å². The van der Waals surface area contributed by atoms with Crippen LogP contribution in [0.2, 0.25) is 0 Å². The molecule has 1 heterocycles. The van der Waals surface area contributed by atoms with Gasteiger partial charge in [0.25, 0.3) is 5.91 Å². The molecule has 1 amide bonds. The van der Waals surface area contributed by atoms with E-state index in [1.54, 1.807) is 12.1 Å². The highest BCUT2D eigenvalue weighted by molar-refractivity contribution is 5.98. The molecule has 0 aromatic carbocycles. The minimum atomic E-state index is -0.167. The van der Waals surface area contributed by atoms with Crippen LogP contribution in [0.15, 0.2) is 23.5 Å². The first-order valence-corrected chi connectivity index (χ1v) is 7.36. The molecule has 0 spiro atoms. The fourth-order valence-corrected chi connectivity index (χ4v) is 2.69. The summed E-state index contributed by atoms with van der Waals surface area (Å²) in [7, 11) is 0. The van der Waals surface area contributed by atoms with Crippen LogP contribution in [0.5, 0.6) is 0 Å². The van der Waals surface area contributed by atoms with Crippen molar-refractivity contribution in [3.8, 4) is 0 Å². The molecule has 0 saturated heterocycles. The Morgan fingerprint density at radius 3 is 2.81 bits per heavy atom. The molecule has 4 N–H and O–H groups in total. The first kappa shape index (κ1) is 15.3. The van der Waals surface area contributed by atoms with Gasteiger partial charge in [0.15, 0.2) is 5.84 Å². The minimum absolute atomic E-state index is 0.0214. The van der Waals surface area contributed by atoms with E-state index in [9.17, 15) is 4.79 Å². The van der Waals surface area contributed by atoms with Gasteiger partial charge in [-0.2, -0.15) is 0 Å². The molecular weight excluding hydrogens is 268 g/mol. The smallest absolute Gasteiger partial charge is 0.270 e. The van der Waals surface area contributed by atoms with E-state index in [4.69, 9.17) is 10.9 Å². The van der Waals surface area contributed by atoms with Crippen LogP contribution in [0.1, 0.15) is 55.1 Å². The molecular formula is C15H22N4O2.